The highest BCUT2D eigenvalue weighted by Gasteiger charge is 2.32. The third-order valence-corrected chi connectivity index (χ3v) is 16.4. The highest BCUT2D eigenvalue weighted by molar-refractivity contribution is 6.03. The van der Waals surface area contributed by atoms with Crippen molar-refractivity contribution in [1.29, 1.82) is 0 Å². The first kappa shape index (κ1) is 68.3. The maximum atomic E-state index is 12.5. The molecule has 2 aromatic heterocycles. The lowest BCUT2D eigenvalue weighted by Gasteiger charge is -2.16. The number of para-hydroxylation sites is 2. The number of fused-ring (bicyclic) bond motifs is 4. The maximum absolute atomic E-state index is 12.5. The van der Waals surface area contributed by atoms with Crippen LogP contribution in [0.2, 0.25) is 0 Å². The van der Waals surface area contributed by atoms with E-state index in [1.165, 1.54) is 11.1 Å². The molecular weight excluding hydrogens is 1270 g/mol. The second kappa shape index (κ2) is 33.5. The number of nitrogens with zero attached hydrogens (tertiary/aromatic N) is 6. The zero-order valence-electron chi connectivity index (χ0n) is 55.0. The number of ether oxygens (including phenoxy) is 6. The van der Waals surface area contributed by atoms with Gasteiger partial charge in [0.15, 0.2) is 63.6 Å². The van der Waals surface area contributed by atoms with E-state index in [9.17, 15) is 19.2 Å². The molecule has 1 N–H and O–H groups in total. The summed E-state index contributed by atoms with van der Waals surface area (Å²) in [6, 6.07) is 57.2. The first-order valence-electron chi connectivity index (χ1n) is 32.7. The van der Waals surface area contributed by atoms with E-state index < -0.39 is 6.17 Å². The predicted octanol–water partition coefficient (Wildman–Crippen LogP) is 16.5. The molecule has 0 bridgehead atoms. The number of amides is 1. The Bertz CT molecular complexity index is 4920. The van der Waals surface area contributed by atoms with Crippen molar-refractivity contribution in [2.45, 2.75) is 51.1 Å². The number of nitrogens with one attached hydrogen (secondary N) is 1. The van der Waals surface area contributed by atoms with Crippen LogP contribution in [0.3, 0.4) is 0 Å². The van der Waals surface area contributed by atoms with Crippen LogP contribution >= 0.6 is 0 Å². The third-order valence-electron chi connectivity index (χ3n) is 16.4. The van der Waals surface area contributed by atoms with E-state index in [1.54, 1.807) is 48.9 Å². The number of azo groups is 3. The van der Waals surface area contributed by atoms with Gasteiger partial charge < -0.3 is 42.6 Å². The third kappa shape index (κ3) is 17.5. The van der Waals surface area contributed by atoms with E-state index in [0.717, 1.165) is 78.1 Å². The summed E-state index contributed by atoms with van der Waals surface area (Å²) in [6.07, 6.45) is 25.2. The zero-order chi connectivity index (χ0) is 69.7. The Morgan fingerprint density at radius 1 is 0.604 bits per heavy atom. The van der Waals surface area contributed by atoms with Crippen LogP contribution in [0.15, 0.2) is 261 Å². The molecule has 19 nitrogen and oxygen atoms in total. The second-order valence-corrected chi connectivity index (χ2v) is 23.3. The summed E-state index contributed by atoms with van der Waals surface area (Å²) in [5.74, 6) is 7.47. The van der Waals surface area contributed by atoms with Crippen molar-refractivity contribution in [2.24, 2.45) is 20.6 Å². The normalized spacial score (nSPS) is 14.5. The van der Waals surface area contributed by atoms with Gasteiger partial charge >= 0.3 is 6.17 Å². The minimum absolute atomic E-state index is 0.0366. The van der Waals surface area contributed by atoms with Crippen LogP contribution < -0.4 is 24.3 Å². The second-order valence-electron chi connectivity index (χ2n) is 23.3. The average molecular weight is 1340 g/mol. The molecule has 2 aliphatic carbocycles. The van der Waals surface area contributed by atoms with Crippen molar-refractivity contribution in [3.05, 3.63) is 287 Å². The lowest BCUT2D eigenvalue weighted by molar-refractivity contribution is -0.517. The van der Waals surface area contributed by atoms with Gasteiger partial charge in [0.25, 0.3) is 11.6 Å². The van der Waals surface area contributed by atoms with Crippen molar-refractivity contribution in [2.75, 3.05) is 39.6 Å². The summed E-state index contributed by atoms with van der Waals surface area (Å²) in [4.78, 5) is 50.3. The molecule has 0 spiro atoms. The van der Waals surface area contributed by atoms with Crippen LogP contribution in [0.5, 0.6) is 23.0 Å². The number of carbonyl (C=O) groups excluding carboxylic acids is 4. The summed E-state index contributed by atoms with van der Waals surface area (Å²) in [5.41, 5.74) is 12.7. The van der Waals surface area contributed by atoms with Gasteiger partial charge in [-0.25, -0.2) is 0 Å². The molecule has 19 heteroatoms. The molecule has 0 radical (unpaired) electrons. The molecule has 2 unspecified atom stereocenters. The number of hydrogen-bond acceptors (Lipinski definition) is 16. The molecule has 0 saturated carbocycles. The van der Waals surface area contributed by atoms with Gasteiger partial charge in [0, 0.05) is 94.0 Å². The summed E-state index contributed by atoms with van der Waals surface area (Å²) in [7, 11) is 0. The number of hydrogen-bond donors (Lipinski definition) is 1. The molecule has 14 rings (SSSR count). The van der Waals surface area contributed by atoms with E-state index in [4.69, 9.17) is 55.2 Å². The Hall–Kier alpha value is -12.7. The molecule has 4 heterocycles. The first-order chi connectivity index (χ1) is 49.6. The number of terminal acetylenes is 2. The van der Waals surface area contributed by atoms with Crippen LogP contribution in [-0.2, 0) is 45.1 Å². The van der Waals surface area contributed by atoms with Crippen LogP contribution in [0.25, 0.3) is 34.1 Å². The summed E-state index contributed by atoms with van der Waals surface area (Å²) >= 11 is 0. The Morgan fingerprint density at radius 2 is 1.16 bits per heavy atom. The van der Waals surface area contributed by atoms with Gasteiger partial charge in [-0.2, -0.15) is 0 Å². The van der Waals surface area contributed by atoms with E-state index in [2.05, 4.69) is 45.3 Å². The van der Waals surface area contributed by atoms with Gasteiger partial charge in [-0.3, -0.25) is 19.2 Å². The number of benzene rings is 8. The summed E-state index contributed by atoms with van der Waals surface area (Å²) in [6.45, 7) is 6.22. The van der Waals surface area contributed by atoms with Crippen LogP contribution in [0, 0.1) is 24.7 Å². The fraction of sp³-hybridized carbons (Fsp3) is 0.171. The maximum Gasteiger partial charge on any atom is 0.320 e. The van der Waals surface area contributed by atoms with Crippen molar-refractivity contribution in [3.8, 4) is 47.7 Å². The number of carbonyl (C=O) groups is 4. The molecule has 0 fully saturated rings. The Labute approximate surface area is 583 Å². The number of ketones is 3. The Balaban J connectivity index is 0.000000159. The summed E-state index contributed by atoms with van der Waals surface area (Å²) in [5, 5.41) is 22.4. The monoisotopic (exact) mass is 1340 g/mol. The molecule has 10 aromatic rings. The molecule has 0 saturated heterocycles. The molecule has 2 aliphatic heterocycles. The van der Waals surface area contributed by atoms with Crippen molar-refractivity contribution >= 4 is 68.7 Å². The fourth-order valence-electron chi connectivity index (χ4n) is 11.4. The van der Waals surface area contributed by atoms with Crippen LogP contribution in [0.1, 0.15) is 90.3 Å². The Morgan fingerprint density at radius 3 is 1.74 bits per heavy atom. The van der Waals surface area contributed by atoms with Crippen molar-refractivity contribution in [1.82, 2.24) is 5.32 Å². The lowest BCUT2D eigenvalue weighted by Crippen LogP contribution is -2.27. The highest BCUT2D eigenvalue weighted by atomic mass is 16.5. The highest BCUT2D eigenvalue weighted by Crippen LogP contribution is 2.40. The molecule has 101 heavy (non-hydrogen) atoms. The molecule has 2 atom stereocenters. The molecule has 4 aliphatic rings. The molecule has 8 aromatic carbocycles. The standard InChI is InChI=1S/C41H33N3O6.C21H16O4.C20H19N4O2/c1-2-20-47-22-19-42-41(46)30-12-10-29(11-13-30)38-24-34(44(43-38)33-6-4-3-5-7-33)27-49-36-16-8-28(9-17-36)26-50-40-37-25-35(45)15-14-31(37)23-32-18-21-48-39(32)40;1-2-23-18-7-3-14(4-8-18)13-25-21-19-12-17(22)6-5-15(19)11-16-9-10-24-20(16)21;1-2-14-26-15-6-9-19(25)16-10-12-17(13-11-16)20-21-23-24(22-20)18-7-4-3-5-8-18/h1,3-18,21,23-24,38H,19-20,22,25-27H2;2-11H,1,12-13H2;1,3-5,7-8,10-13,20H,6,9,14-15H2/q;;+1/p+1. The SMILES string of the molecule is C#CCOCCCC(=O)c1ccc(C2N=N[N+](c3ccccc3)=N2)cc1.C#CCOCCNC(=O)c1ccc(C2C=C(COc3ccc(COc4c5c(cc6ccoc46)C=CC(=O)C5)cc3)[N+](c3ccccc3)=N2)cc1.C=COc1ccc(COc2c3c(cc4ccoc24)C=CC(=O)C3)cc1. The molecule has 1 amide bonds. The minimum Gasteiger partial charge on any atom is -0.485 e. The van der Waals surface area contributed by atoms with Crippen molar-refractivity contribution in [3.63, 3.8) is 0 Å². The quantitative estimate of drug-likeness (QED) is 0.0176. The Kier molecular flexibility index (Phi) is 22.7. The van der Waals surface area contributed by atoms with E-state index in [0.29, 0.717) is 98.4 Å². The van der Waals surface area contributed by atoms with Gasteiger partial charge in [0.1, 0.15) is 37.9 Å². The van der Waals surface area contributed by atoms with Crippen LogP contribution in [0.4, 0.5) is 11.4 Å². The summed E-state index contributed by atoms with van der Waals surface area (Å²) < 4.78 is 47.4. The van der Waals surface area contributed by atoms with Gasteiger partial charge in [0.2, 0.25) is 5.69 Å². The smallest absolute Gasteiger partial charge is 0.320 e. The zero-order valence-corrected chi connectivity index (χ0v) is 55.0. The van der Waals surface area contributed by atoms with Gasteiger partial charge in [0.05, 0.1) is 30.5 Å². The topological polar surface area (TPSA) is 217 Å². The fourth-order valence-corrected chi connectivity index (χ4v) is 11.4. The van der Waals surface area contributed by atoms with Crippen LogP contribution in [-0.4, -0.2) is 72.3 Å². The molecule has 502 valence electrons. The number of rotatable bonds is 26. The van der Waals surface area contributed by atoms with Gasteiger partial charge in [-0.15, -0.1) is 12.8 Å². The van der Waals surface area contributed by atoms with E-state index in [-0.39, 0.29) is 48.9 Å². The first-order valence-corrected chi connectivity index (χ1v) is 32.7. The number of allylic oxidation sites excluding steroid dienone is 2. The van der Waals surface area contributed by atoms with Crippen molar-refractivity contribution < 1.29 is 65.9 Å². The van der Waals surface area contributed by atoms with E-state index >= 15 is 0 Å². The number of furan rings is 2. The lowest BCUT2D eigenvalue weighted by atomic mass is 9.94. The van der Waals surface area contributed by atoms with Gasteiger partial charge in [-0.1, -0.05) is 132 Å². The average Bonchev–Trinajstić information content (AvgIpc) is 1.77. The molecular formula is C82H69N7O12+2. The minimum atomic E-state index is -0.392. The predicted molar refractivity (Wildman–Crippen MR) is 380 cm³/mol. The number of Topliss-reactive ketones (excluding diaryl/α,β-unsaturated/α-hetero) is 1. The van der Waals surface area contributed by atoms with E-state index in [1.807, 2.05) is 175 Å². The van der Waals surface area contributed by atoms with Gasteiger partial charge in [-0.05, 0) is 129 Å². The largest absolute Gasteiger partial charge is 0.485 e.